The Morgan fingerprint density at radius 2 is 2.00 bits per heavy atom. The monoisotopic (exact) mass is 358 g/mol. The fourth-order valence-corrected chi connectivity index (χ4v) is 2.71. The van der Waals surface area contributed by atoms with Crippen molar-refractivity contribution in [3.63, 3.8) is 0 Å². The van der Waals surface area contributed by atoms with Gasteiger partial charge in [0.25, 0.3) is 5.91 Å². The van der Waals surface area contributed by atoms with E-state index >= 15 is 0 Å². The first-order valence-electron chi connectivity index (χ1n) is 7.12. The zero-order chi connectivity index (χ0) is 17.0. The molecule has 1 aliphatic heterocycles. The lowest BCUT2D eigenvalue weighted by Gasteiger charge is -2.30. The van der Waals surface area contributed by atoms with Crippen molar-refractivity contribution < 1.29 is 19.5 Å². The van der Waals surface area contributed by atoms with Crippen LogP contribution in [-0.2, 0) is 9.59 Å². The highest BCUT2D eigenvalue weighted by molar-refractivity contribution is 6.42. The Balaban J connectivity index is 1.89. The molecule has 0 radical (unpaired) electrons. The lowest BCUT2D eigenvalue weighted by molar-refractivity contribution is -0.145. The molecule has 1 aromatic rings. The second kappa shape index (κ2) is 7.66. The Hall–Kier alpha value is -1.79. The number of amides is 2. The topological polar surface area (TPSA) is 86.7 Å². The van der Waals surface area contributed by atoms with Crippen molar-refractivity contribution in [1.29, 1.82) is 0 Å². The Bertz CT molecular complexity index is 636. The summed E-state index contributed by atoms with van der Waals surface area (Å²) in [6, 6.07) is 4.43. The van der Waals surface area contributed by atoms with Crippen LogP contribution in [0.15, 0.2) is 18.2 Å². The number of carboxylic acid groups (broad SMARTS) is 1. The third-order valence-corrected chi connectivity index (χ3v) is 4.44. The summed E-state index contributed by atoms with van der Waals surface area (Å²) in [5.74, 6) is -2.19. The summed E-state index contributed by atoms with van der Waals surface area (Å²) in [4.78, 5) is 36.6. The number of aliphatic carboxylic acids is 1. The van der Waals surface area contributed by atoms with Crippen LogP contribution in [0.1, 0.15) is 23.2 Å². The Morgan fingerprint density at radius 3 is 2.65 bits per heavy atom. The van der Waals surface area contributed by atoms with E-state index in [0.29, 0.717) is 30.0 Å². The average molecular weight is 359 g/mol. The first kappa shape index (κ1) is 17.6. The molecular weight excluding hydrogens is 343 g/mol. The second-order valence-electron chi connectivity index (χ2n) is 5.33. The first-order chi connectivity index (χ1) is 10.9. The summed E-state index contributed by atoms with van der Waals surface area (Å²) >= 11 is 11.6. The molecular formula is C15H16Cl2N2O4. The maximum Gasteiger partial charge on any atom is 0.308 e. The molecule has 1 atom stereocenters. The third kappa shape index (κ3) is 4.59. The van der Waals surface area contributed by atoms with Gasteiger partial charge in [-0.3, -0.25) is 14.4 Å². The minimum Gasteiger partial charge on any atom is -0.481 e. The van der Waals surface area contributed by atoms with Gasteiger partial charge in [0.15, 0.2) is 0 Å². The van der Waals surface area contributed by atoms with Crippen molar-refractivity contribution in [3.8, 4) is 0 Å². The molecule has 1 saturated heterocycles. The maximum atomic E-state index is 12.1. The van der Waals surface area contributed by atoms with E-state index < -0.39 is 17.8 Å². The minimum atomic E-state index is -0.901. The van der Waals surface area contributed by atoms with Crippen molar-refractivity contribution in [2.45, 2.75) is 12.8 Å². The van der Waals surface area contributed by atoms with Crippen molar-refractivity contribution in [3.05, 3.63) is 33.8 Å². The molecule has 0 spiro atoms. The van der Waals surface area contributed by atoms with Crippen LogP contribution < -0.4 is 5.32 Å². The molecule has 0 aliphatic carbocycles. The van der Waals surface area contributed by atoms with Crippen LogP contribution >= 0.6 is 23.2 Å². The summed E-state index contributed by atoms with van der Waals surface area (Å²) in [7, 11) is 0. The number of carbonyl (C=O) groups excluding carboxylic acids is 2. The molecule has 8 heteroatoms. The van der Waals surface area contributed by atoms with Gasteiger partial charge in [0.2, 0.25) is 5.91 Å². The van der Waals surface area contributed by atoms with Crippen LogP contribution in [-0.4, -0.2) is 47.4 Å². The third-order valence-electron chi connectivity index (χ3n) is 3.71. The van der Waals surface area contributed by atoms with E-state index in [1.807, 2.05) is 0 Å². The molecule has 1 aliphatic rings. The predicted molar refractivity (Wildman–Crippen MR) is 85.7 cm³/mol. The quantitative estimate of drug-likeness (QED) is 0.862. The number of nitrogens with zero attached hydrogens (tertiary/aromatic N) is 1. The number of hydrogen-bond acceptors (Lipinski definition) is 3. The van der Waals surface area contributed by atoms with E-state index in [1.165, 1.54) is 23.1 Å². The molecule has 124 valence electrons. The van der Waals surface area contributed by atoms with E-state index in [-0.39, 0.29) is 24.0 Å². The molecule has 0 aromatic heterocycles. The van der Waals surface area contributed by atoms with Gasteiger partial charge in [-0.1, -0.05) is 23.2 Å². The van der Waals surface area contributed by atoms with Gasteiger partial charge in [-0.15, -0.1) is 0 Å². The molecule has 1 fully saturated rings. The second-order valence-corrected chi connectivity index (χ2v) is 6.14. The number of halogens is 2. The number of piperidine rings is 1. The van der Waals surface area contributed by atoms with Crippen LogP contribution in [0.5, 0.6) is 0 Å². The highest BCUT2D eigenvalue weighted by atomic mass is 35.5. The number of nitrogens with one attached hydrogen (secondary N) is 1. The van der Waals surface area contributed by atoms with Crippen LogP contribution in [0.3, 0.4) is 0 Å². The molecule has 0 saturated carbocycles. The van der Waals surface area contributed by atoms with Gasteiger partial charge >= 0.3 is 5.97 Å². The van der Waals surface area contributed by atoms with Crippen molar-refractivity contribution in [2.75, 3.05) is 19.6 Å². The summed E-state index contributed by atoms with van der Waals surface area (Å²) in [6.07, 6.45) is 1.21. The number of likely N-dealkylation sites (tertiary alicyclic amines) is 1. The van der Waals surface area contributed by atoms with Crippen molar-refractivity contribution in [1.82, 2.24) is 10.2 Å². The van der Waals surface area contributed by atoms with Gasteiger partial charge in [-0.05, 0) is 31.0 Å². The van der Waals surface area contributed by atoms with E-state index in [0.717, 1.165) is 0 Å². The van der Waals surface area contributed by atoms with Gasteiger partial charge in [0, 0.05) is 18.7 Å². The average Bonchev–Trinajstić information content (AvgIpc) is 2.54. The minimum absolute atomic E-state index is 0.177. The van der Waals surface area contributed by atoms with Gasteiger partial charge in [0.1, 0.15) is 0 Å². The fourth-order valence-electron chi connectivity index (χ4n) is 2.41. The lowest BCUT2D eigenvalue weighted by atomic mass is 9.98. The fraction of sp³-hybridized carbons (Fsp3) is 0.400. The molecule has 2 N–H and O–H groups in total. The smallest absolute Gasteiger partial charge is 0.308 e. The maximum absolute atomic E-state index is 12.1. The van der Waals surface area contributed by atoms with E-state index in [4.69, 9.17) is 28.3 Å². The summed E-state index contributed by atoms with van der Waals surface area (Å²) < 4.78 is 0. The predicted octanol–water partition coefficient (Wildman–Crippen LogP) is 2.05. The molecule has 1 aromatic carbocycles. The zero-order valence-electron chi connectivity index (χ0n) is 12.2. The van der Waals surface area contributed by atoms with Gasteiger partial charge < -0.3 is 15.3 Å². The summed E-state index contributed by atoms with van der Waals surface area (Å²) in [6.45, 7) is 0.494. The molecule has 2 rings (SSSR count). The summed E-state index contributed by atoms with van der Waals surface area (Å²) in [5.41, 5.74) is 0.300. The largest absolute Gasteiger partial charge is 0.481 e. The normalized spacial score (nSPS) is 17.7. The van der Waals surface area contributed by atoms with Crippen molar-refractivity contribution in [2.24, 2.45) is 5.92 Å². The number of carboxylic acids is 1. The van der Waals surface area contributed by atoms with Crippen LogP contribution in [0.2, 0.25) is 10.0 Å². The summed E-state index contributed by atoms with van der Waals surface area (Å²) in [5, 5.41) is 12.1. The van der Waals surface area contributed by atoms with Gasteiger partial charge in [-0.2, -0.15) is 0 Å². The van der Waals surface area contributed by atoms with Crippen LogP contribution in [0, 0.1) is 5.92 Å². The molecule has 1 heterocycles. The van der Waals surface area contributed by atoms with Gasteiger partial charge in [-0.25, -0.2) is 0 Å². The highest BCUT2D eigenvalue weighted by Gasteiger charge is 2.28. The van der Waals surface area contributed by atoms with Crippen LogP contribution in [0.4, 0.5) is 0 Å². The van der Waals surface area contributed by atoms with E-state index in [9.17, 15) is 14.4 Å². The Morgan fingerprint density at radius 1 is 1.26 bits per heavy atom. The highest BCUT2D eigenvalue weighted by Crippen LogP contribution is 2.22. The first-order valence-corrected chi connectivity index (χ1v) is 7.88. The number of carbonyl (C=O) groups is 3. The van der Waals surface area contributed by atoms with E-state index in [2.05, 4.69) is 5.32 Å². The number of rotatable bonds is 4. The SMILES string of the molecule is O=C(NCC(=O)N1CCCC(C(=O)O)C1)c1ccc(Cl)c(Cl)c1. The number of hydrogen-bond donors (Lipinski definition) is 2. The standard InChI is InChI=1S/C15H16Cl2N2O4/c16-11-4-3-9(6-12(11)17)14(21)18-7-13(20)19-5-1-2-10(8-19)15(22)23/h3-4,6,10H,1-2,5,7-8H2,(H,18,21)(H,22,23). The molecule has 1 unspecified atom stereocenters. The molecule has 2 amide bonds. The lowest BCUT2D eigenvalue weighted by Crippen LogP contribution is -2.46. The number of benzene rings is 1. The van der Waals surface area contributed by atoms with E-state index in [1.54, 1.807) is 0 Å². The zero-order valence-corrected chi connectivity index (χ0v) is 13.7. The van der Waals surface area contributed by atoms with Gasteiger partial charge in [0.05, 0.1) is 22.5 Å². The van der Waals surface area contributed by atoms with Crippen LogP contribution in [0.25, 0.3) is 0 Å². The Kier molecular flexibility index (Phi) is 5.85. The Labute approximate surface area is 143 Å². The molecule has 23 heavy (non-hydrogen) atoms. The van der Waals surface area contributed by atoms with Crippen molar-refractivity contribution >= 4 is 41.0 Å². The molecule has 6 nitrogen and oxygen atoms in total. The molecule has 0 bridgehead atoms.